The van der Waals surface area contributed by atoms with Gasteiger partial charge >= 0.3 is 6.09 Å². The van der Waals surface area contributed by atoms with E-state index < -0.39 is 28.1 Å². The maximum Gasteiger partial charge on any atom is 0.407 e. The molecule has 0 aromatic carbocycles. The highest BCUT2D eigenvalue weighted by Gasteiger charge is 2.32. The number of nitrogens with zero attached hydrogens (tertiary/aromatic N) is 2. The van der Waals surface area contributed by atoms with Gasteiger partial charge in [-0.05, 0) is 6.42 Å². The monoisotopic (exact) mass is 280 g/mol. The van der Waals surface area contributed by atoms with Gasteiger partial charge in [0.25, 0.3) is 5.91 Å². The van der Waals surface area contributed by atoms with E-state index in [4.69, 9.17) is 9.84 Å². The fourth-order valence-corrected chi connectivity index (χ4v) is 1.96. The Hall–Kier alpha value is -1.35. The molecule has 0 aromatic heterocycles. The molecule has 0 bridgehead atoms. The van der Waals surface area contributed by atoms with Crippen molar-refractivity contribution in [1.29, 1.82) is 0 Å². The molecule has 1 saturated heterocycles. The lowest BCUT2D eigenvalue weighted by Crippen LogP contribution is -2.46. The van der Waals surface area contributed by atoms with E-state index in [9.17, 15) is 18.0 Å². The normalized spacial score (nSPS) is 21.2. The number of hydrogen-bond donors (Lipinski definition) is 1. The first-order valence-electron chi connectivity index (χ1n) is 5.30. The third-order valence-corrected chi connectivity index (χ3v) is 3.81. The second kappa shape index (κ2) is 5.53. The van der Waals surface area contributed by atoms with Gasteiger partial charge in [0.1, 0.15) is 0 Å². The van der Waals surface area contributed by atoms with Crippen LogP contribution in [0, 0.1) is 0 Å². The Morgan fingerprint density at radius 2 is 2.06 bits per heavy atom. The third-order valence-electron chi connectivity index (χ3n) is 2.63. The van der Waals surface area contributed by atoms with Crippen LogP contribution in [0.5, 0.6) is 0 Å². The van der Waals surface area contributed by atoms with Gasteiger partial charge in [0, 0.05) is 20.2 Å². The number of likely N-dealkylation sites (N-methyl/N-ethyl adjacent to an activating group) is 1. The van der Waals surface area contributed by atoms with E-state index in [2.05, 4.69) is 0 Å². The standard InChI is InChI=1S/C9H16N2O6S/c1-10(18(2,15)16)8(12)7-6-11(9(13)14)4-3-5-17-7/h7H,3-6H2,1-2H3,(H,13,14). The van der Waals surface area contributed by atoms with Crippen LogP contribution in [0.2, 0.25) is 0 Å². The average molecular weight is 280 g/mol. The highest BCUT2D eigenvalue weighted by Crippen LogP contribution is 2.10. The summed E-state index contributed by atoms with van der Waals surface area (Å²) in [6.07, 6.45) is -0.862. The molecule has 1 aliphatic rings. The molecule has 2 amide bonds. The molecule has 1 atom stereocenters. The molecule has 1 rings (SSSR count). The first-order chi connectivity index (χ1) is 8.23. The predicted octanol–water partition coefficient (Wildman–Crippen LogP) is -0.827. The first kappa shape index (κ1) is 14.7. The van der Waals surface area contributed by atoms with Crippen molar-refractivity contribution in [2.24, 2.45) is 0 Å². The number of ether oxygens (including phenoxy) is 1. The van der Waals surface area contributed by atoms with Gasteiger partial charge in [-0.2, -0.15) is 0 Å². The zero-order valence-electron chi connectivity index (χ0n) is 10.2. The Morgan fingerprint density at radius 3 is 2.56 bits per heavy atom. The molecule has 0 saturated carbocycles. The fourth-order valence-electron chi connectivity index (χ4n) is 1.51. The van der Waals surface area contributed by atoms with Crippen LogP contribution in [-0.2, 0) is 19.6 Å². The largest absolute Gasteiger partial charge is 0.465 e. The van der Waals surface area contributed by atoms with Gasteiger partial charge in [-0.1, -0.05) is 0 Å². The number of hydrogen-bond acceptors (Lipinski definition) is 5. The van der Waals surface area contributed by atoms with Crippen molar-refractivity contribution in [3.05, 3.63) is 0 Å². The molecule has 1 unspecified atom stereocenters. The Balaban J connectivity index is 2.81. The number of carbonyl (C=O) groups is 2. The molecule has 1 aliphatic heterocycles. The third kappa shape index (κ3) is 3.57. The van der Waals surface area contributed by atoms with Crippen LogP contribution in [0.4, 0.5) is 4.79 Å². The maximum absolute atomic E-state index is 11.9. The quantitative estimate of drug-likeness (QED) is 0.708. The van der Waals surface area contributed by atoms with Gasteiger partial charge in [-0.3, -0.25) is 4.79 Å². The van der Waals surface area contributed by atoms with Crippen LogP contribution in [0.1, 0.15) is 6.42 Å². The lowest BCUT2D eigenvalue weighted by atomic mass is 10.3. The molecule has 1 heterocycles. The van der Waals surface area contributed by atoms with Crippen molar-refractivity contribution < 1.29 is 27.9 Å². The van der Waals surface area contributed by atoms with Crippen LogP contribution in [-0.4, -0.2) is 73.8 Å². The molecule has 0 spiro atoms. The number of amides is 2. The molecular formula is C9H16N2O6S. The van der Waals surface area contributed by atoms with Gasteiger partial charge in [0.15, 0.2) is 6.10 Å². The average Bonchev–Trinajstić information content (AvgIpc) is 2.51. The Kier molecular flexibility index (Phi) is 4.52. The Bertz CT molecular complexity index is 434. The second-order valence-electron chi connectivity index (χ2n) is 4.01. The van der Waals surface area contributed by atoms with Crippen molar-refractivity contribution in [3.8, 4) is 0 Å². The zero-order chi connectivity index (χ0) is 13.9. The lowest BCUT2D eigenvalue weighted by Gasteiger charge is -2.23. The van der Waals surface area contributed by atoms with Crippen molar-refractivity contribution in [3.63, 3.8) is 0 Å². The van der Waals surface area contributed by atoms with Crippen molar-refractivity contribution in [1.82, 2.24) is 9.21 Å². The van der Waals surface area contributed by atoms with Gasteiger partial charge in [-0.15, -0.1) is 0 Å². The number of rotatable bonds is 2. The topological polar surface area (TPSA) is 104 Å². The minimum Gasteiger partial charge on any atom is -0.465 e. The van der Waals surface area contributed by atoms with E-state index >= 15 is 0 Å². The van der Waals surface area contributed by atoms with Crippen LogP contribution in [0.15, 0.2) is 0 Å². The van der Waals surface area contributed by atoms with Crippen LogP contribution in [0.3, 0.4) is 0 Å². The molecular weight excluding hydrogens is 264 g/mol. The summed E-state index contributed by atoms with van der Waals surface area (Å²) in [5, 5.41) is 8.89. The molecule has 0 aromatic rings. The summed E-state index contributed by atoms with van der Waals surface area (Å²) in [7, 11) is -2.54. The minimum absolute atomic E-state index is 0.159. The molecule has 104 valence electrons. The van der Waals surface area contributed by atoms with E-state index in [1.165, 1.54) is 0 Å². The van der Waals surface area contributed by atoms with Crippen molar-refractivity contribution in [2.75, 3.05) is 33.0 Å². The highest BCUT2D eigenvalue weighted by molar-refractivity contribution is 7.88. The predicted molar refractivity (Wildman–Crippen MR) is 61.6 cm³/mol. The smallest absolute Gasteiger partial charge is 0.407 e. The second-order valence-corrected chi connectivity index (χ2v) is 6.02. The summed E-state index contributed by atoms with van der Waals surface area (Å²) in [5.74, 6) is -0.759. The lowest BCUT2D eigenvalue weighted by molar-refractivity contribution is -0.137. The van der Waals surface area contributed by atoms with E-state index in [1.54, 1.807) is 0 Å². The fraction of sp³-hybridized carbons (Fsp3) is 0.778. The SMILES string of the molecule is CN(C(=O)C1CN(C(=O)O)CCCO1)S(C)(=O)=O. The zero-order valence-corrected chi connectivity index (χ0v) is 11.0. The summed E-state index contributed by atoms with van der Waals surface area (Å²) in [6.45, 7) is 0.327. The minimum atomic E-state index is -3.66. The van der Waals surface area contributed by atoms with Gasteiger partial charge < -0.3 is 14.7 Å². The van der Waals surface area contributed by atoms with Crippen LogP contribution in [0.25, 0.3) is 0 Å². The molecule has 1 N–H and O–H groups in total. The Labute approximate surface area is 105 Å². The van der Waals surface area contributed by atoms with E-state index in [0.29, 0.717) is 10.7 Å². The number of carboxylic acid groups (broad SMARTS) is 1. The van der Waals surface area contributed by atoms with Crippen LogP contribution >= 0.6 is 0 Å². The van der Waals surface area contributed by atoms with Crippen molar-refractivity contribution >= 4 is 22.0 Å². The molecule has 0 aliphatic carbocycles. The summed E-state index contributed by atoms with van der Waals surface area (Å²) in [6, 6.07) is 0. The van der Waals surface area contributed by atoms with E-state index in [-0.39, 0.29) is 19.7 Å². The maximum atomic E-state index is 11.9. The van der Waals surface area contributed by atoms with Gasteiger partial charge in [0.05, 0.1) is 12.8 Å². The van der Waals surface area contributed by atoms with Gasteiger partial charge in [0.2, 0.25) is 10.0 Å². The number of carbonyl (C=O) groups excluding carboxylic acids is 1. The van der Waals surface area contributed by atoms with Crippen molar-refractivity contribution in [2.45, 2.75) is 12.5 Å². The molecule has 8 nitrogen and oxygen atoms in total. The molecule has 9 heteroatoms. The highest BCUT2D eigenvalue weighted by atomic mass is 32.2. The summed E-state index contributed by atoms with van der Waals surface area (Å²) < 4.78 is 28.2. The van der Waals surface area contributed by atoms with E-state index in [1.807, 2.05) is 0 Å². The number of sulfonamides is 1. The molecule has 0 radical (unpaired) electrons. The Morgan fingerprint density at radius 1 is 1.44 bits per heavy atom. The molecule has 18 heavy (non-hydrogen) atoms. The molecule has 1 fully saturated rings. The van der Waals surface area contributed by atoms with Crippen LogP contribution < -0.4 is 0 Å². The summed E-state index contributed by atoms with van der Waals surface area (Å²) in [5.41, 5.74) is 0. The summed E-state index contributed by atoms with van der Waals surface area (Å²) in [4.78, 5) is 23.8. The van der Waals surface area contributed by atoms with Gasteiger partial charge in [-0.25, -0.2) is 17.5 Å². The summed E-state index contributed by atoms with van der Waals surface area (Å²) >= 11 is 0. The first-order valence-corrected chi connectivity index (χ1v) is 7.15. The van der Waals surface area contributed by atoms with E-state index in [0.717, 1.165) is 18.2 Å².